The van der Waals surface area contributed by atoms with Crippen molar-refractivity contribution in [3.63, 3.8) is 0 Å². The van der Waals surface area contributed by atoms with Crippen LogP contribution in [0.25, 0.3) is 0 Å². The predicted octanol–water partition coefficient (Wildman–Crippen LogP) is 3.68. The van der Waals surface area contributed by atoms with Crippen LogP contribution in [0.4, 0.5) is 0 Å². The van der Waals surface area contributed by atoms with E-state index in [0.717, 1.165) is 5.56 Å². The Balaban J connectivity index is 1.51. The van der Waals surface area contributed by atoms with Crippen molar-refractivity contribution in [1.29, 1.82) is 0 Å². The van der Waals surface area contributed by atoms with Crippen molar-refractivity contribution in [2.45, 2.75) is 12.6 Å². The Morgan fingerprint density at radius 1 is 0.912 bits per heavy atom. The van der Waals surface area contributed by atoms with Crippen LogP contribution in [0.3, 0.4) is 0 Å². The molecule has 1 aliphatic heterocycles. The first-order valence-corrected chi connectivity index (χ1v) is 11.0. The molecule has 170 valence electrons. The normalized spacial score (nSPS) is 14.9. The van der Waals surface area contributed by atoms with Gasteiger partial charge in [0.25, 0.3) is 11.8 Å². The van der Waals surface area contributed by atoms with Gasteiger partial charge in [0, 0.05) is 13.6 Å². The number of hydrogen-bond donors (Lipinski definition) is 1. The first-order chi connectivity index (χ1) is 16.7. The third kappa shape index (κ3) is 4.01. The van der Waals surface area contributed by atoms with Gasteiger partial charge in [0.05, 0.1) is 18.2 Å². The monoisotopic (exact) mass is 453 g/mol. The molecule has 2 heterocycles. The van der Waals surface area contributed by atoms with Crippen molar-refractivity contribution >= 4 is 11.8 Å². The molecular formula is C26H23N5O3. The lowest BCUT2D eigenvalue weighted by Gasteiger charge is -2.34. The van der Waals surface area contributed by atoms with Gasteiger partial charge in [-0.05, 0) is 29.8 Å². The van der Waals surface area contributed by atoms with E-state index in [9.17, 15) is 9.59 Å². The van der Waals surface area contributed by atoms with Crippen molar-refractivity contribution < 1.29 is 14.3 Å². The summed E-state index contributed by atoms with van der Waals surface area (Å²) in [6.07, 6.45) is 0. The minimum absolute atomic E-state index is 0.178. The summed E-state index contributed by atoms with van der Waals surface area (Å²) in [7, 11) is 1.56. The lowest BCUT2D eigenvalue weighted by atomic mass is 10.0. The lowest BCUT2D eigenvalue weighted by molar-refractivity contribution is 0.0684. The molecule has 4 aromatic rings. The number of hydrogen-bond acceptors (Lipinski definition) is 5. The second-order valence-electron chi connectivity index (χ2n) is 7.91. The van der Waals surface area contributed by atoms with E-state index in [2.05, 4.69) is 15.5 Å². The van der Waals surface area contributed by atoms with E-state index in [1.54, 1.807) is 24.1 Å². The number of aromatic nitrogens is 3. The van der Waals surface area contributed by atoms with Gasteiger partial charge >= 0.3 is 0 Å². The third-order valence-corrected chi connectivity index (χ3v) is 5.79. The topological polar surface area (TPSA) is 89.4 Å². The molecule has 1 unspecified atom stereocenters. The molecule has 1 aliphatic rings. The summed E-state index contributed by atoms with van der Waals surface area (Å²) in [5.41, 5.74) is 1.41. The van der Waals surface area contributed by atoms with Gasteiger partial charge in [-0.15, -0.1) is 10.2 Å². The number of nitrogens with zero attached hydrogens (tertiary/aromatic N) is 4. The number of rotatable bonds is 5. The first-order valence-electron chi connectivity index (χ1n) is 11.0. The van der Waals surface area contributed by atoms with E-state index >= 15 is 0 Å². The second kappa shape index (κ2) is 9.19. The molecule has 3 aromatic carbocycles. The Morgan fingerprint density at radius 3 is 2.32 bits per heavy atom. The highest BCUT2D eigenvalue weighted by atomic mass is 16.5. The van der Waals surface area contributed by atoms with E-state index < -0.39 is 0 Å². The number of ether oxygens (including phenoxy) is 1. The van der Waals surface area contributed by atoms with Crippen LogP contribution in [0.2, 0.25) is 0 Å². The van der Waals surface area contributed by atoms with Crippen LogP contribution in [-0.2, 0) is 6.54 Å². The fourth-order valence-electron chi connectivity index (χ4n) is 4.15. The van der Waals surface area contributed by atoms with Gasteiger partial charge in [0.15, 0.2) is 5.82 Å². The standard InChI is InChI=1S/C26H23N5O3/c1-27-25(32)24-29-28-23-17-30(16-21(31(23)24)18-10-4-2-5-11-18)26(33)20-14-8-9-15-22(20)34-19-12-6-3-7-13-19/h2-15,21H,16-17H2,1H3,(H,27,32). The van der Waals surface area contributed by atoms with Crippen LogP contribution in [0.5, 0.6) is 11.5 Å². The van der Waals surface area contributed by atoms with Crippen LogP contribution in [0.15, 0.2) is 84.9 Å². The minimum Gasteiger partial charge on any atom is -0.457 e. The molecule has 0 saturated carbocycles. The zero-order valence-electron chi connectivity index (χ0n) is 18.6. The van der Waals surface area contributed by atoms with Crippen molar-refractivity contribution in [1.82, 2.24) is 25.0 Å². The van der Waals surface area contributed by atoms with E-state index in [1.807, 2.05) is 77.4 Å². The fourth-order valence-corrected chi connectivity index (χ4v) is 4.15. The molecule has 34 heavy (non-hydrogen) atoms. The maximum atomic E-state index is 13.7. The van der Waals surface area contributed by atoms with Gasteiger partial charge in [-0.2, -0.15) is 0 Å². The van der Waals surface area contributed by atoms with Crippen LogP contribution in [0, 0.1) is 0 Å². The number of amides is 2. The zero-order valence-corrected chi connectivity index (χ0v) is 18.6. The molecule has 0 radical (unpaired) electrons. The second-order valence-corrected chi connectivity index (χ2v) is 7.91. The summed E-state index contributed by atoms with van der Waals surface area (Å²) in [5.74, 6) is 1.41. The molecule has 0 aliphatic carbocycles. The maximum absolute atomic E-state index is 13.7. The van der Waals surface area contributed by atoms with Gasteiger partial charge in [-0.1, -0.05) is 60.7 Å². The summed E-state index contributed by atoms with van der Waals surface area (Å²) < 4.78 is 7.84. The highest BCUT2D eigenvalue weighted by Crippen LogP contribution is 2.31. The Bertz CT molecular complexity index is 1320. The Hall–Kier alpha value is -4.46. The highest BCUT2D eigenvalue weighted by molar-refractivity contribution is 5.97. The van der Waals surface area contributed by atoms with Crippen molar-refractivity contribution in [3.8, 4) is 11.5 Å². The fraction of sp³-hybridized carbons (Fsp3) is 0.154. The Kier molecular flexibility index (Phi) is 5.78. The quantitative estimate of drug-likeness (QED) is 0.498. The number of nitrogens with one attached hydrogen (secondary N) is 1. The third-order valence-electron chi connectivity index (χ3n) is 5.79. The SMILES string of the molecule is CNC(=O)c1nnc2n1C(c1ccccc1)CN(C(=O)c1ccccc1Oc1ccccc1)C2. The zero-order chi connectivity index (χ0) is 23.5. The van der Waals surface area contributed by atoms with E-state index in [1.165, 1.54) is 0 Å². The molecule has 1 aromatic heterocycles. The molecule has 2 amide bonds. The molecule has 1 N–H and O–H groups in total. The van der Waals surface area contributed by atoms with E-state index in [4.69, 9.17) is 4.74 Å². The minimum atomic E-state index is -0.318. The largest absolute Gasteiger partial charge is 0.457 e. The summed E-state index contributed by atoms with van der Waals surface area (Å²) >= 11 is 0. The van der Waals surface area contributed by atoms with Gasteiger partial charge in [-0.3, -0.25) is 14.2 Å². The van der Waals surface area contributed by atoms with Gasteiger partial charge in [-0.25, -0.2) is 0 Å². The summed E-state index contributed by atoms with van der Waals surface area (Å²) in [5, 5.41) is 11.0. The molecule has 5 rings (SSSR count). The summed E-state index contributed by atoms with van der Waals surface area (Å²) in [6, 6.07) is 26.0. The number of carbonyl (C=O) groups excluding carboxylic acids is 2. The average Bonchev–Trinajstić information content (AvgIpc) is 3.33. The Labute approximate surface area is 196 Å². The van der Waals surface area contributed by atoms with Crippen LogP contribution >= 0.6 is 0 Å². The molecule has 8 nitrogen and oxygen atoms in total. The Morgan fingerprint density at radius 2 is 1.59 bits per heavy atom. The first kappa shape index (κ1) is 21.4. The van der Waals surface area contributed by atoms with Crippen LogP contribution in [0.1, 0.15) is 38.4 Å². The average molecular weight is 454 g/mol. The molecule has 0 spiro atoms. The predicted molar refractivity (Wildman–Crippen MR) is 126 cm³/mol. The summed E-state index contributed by atoms with van der Waals surface area (Å²) in [6.45, 7) is 0.587. The molecule has 1 atom stereocenters. The van der Waals surface area contributed by atoms with Gasteiger partial charge in [0.2, 0.25) is 5.82 Å². The number of carbonyl (C=O) groups is 2. The molecule has 0 bridgehead atoms. The van der Waals surface area contributed by atoms with E-state index in [-0.39, 0.29) is 30.2 Å². The molecule has 0 saturated heterocycles. The number of para-hydroxylation sites is 2. The number of fused-ring (bicyclic) bond motifs is 1. The molecule has 8 heteroatoms. The molecular weight excluding hydrogens is 430 g/mol. The highest BCUT2D eigenvalue weighted by Gasteiger charge is 2.35. The van der Waals surface area contributed by atoms with Crippen molar-refractivity contribution in [3.05, 3.63) is 108 Å². The van der Waals surface area contributed by atoms with Crippen LogP contribution < -0.4 is 10.1 Å². The van der Waals surface area contributed by atoms with Gasteiger partial charge < -0.3 is 15.0 Å². The summed E-state index contributed by atoms with van der Waals surface area (Å²) in [4.78, 5) is 27.9. The smallest absolute Gasteiger partial charge is 0.289 e. The van der Waals surface area contributed by atoms with Crippen molar-refractivity contribution in [2.75, 3.05) is 13.6 Å². The van der Waals surface area contributed by atoms with E-state index in [0.29, 0.717) is 29.4 Å². The van der Waals surface area contributed by atoms with Crippen LogP contribution in [-0.4, -0.2) is 45.1 Å². The lowest BCUT2D eigenvalue weighted by Crippen LogP contribution is -2.43. The van der Waals surface area contributed by atoms with Gasteiger partial charge in [0.1, 0.15) is 11.5 Å². The maximum Gasteiger partial charge on any atom is 0.289 e. The molecule has 0 fully saturated rings. The van der Waals surface area contributed by atoms with Crippen molar-refractivity contribution in [2.24, 2.45) is 0 Å². The number of benzene rings is 3.